The molecule has 0 aliphatic rings. The van der Waals surface area contributed by atoms with Crippen molar-refractivity contribution in [2.45, 2.75) is 0 Å². The largest absolute Gasteiger partial charge is 0.464 e. The van der Waals surface area contributed by atoms with E-state index in [2.05, 4.69) is 9.97 Å². The Morgan fingerprint density at radius 3 is 2.50 bits per heavy atom. The number of nitrogen functional groups attached to an aromatic ring is 1. The molecular formula is C16H12N4O3S. The summed E-state index contributed by atoms with van der Waals surface area (Å²) >= 11 is 0.925. The molecule has 7 nitrogen and oxygen atoms in total. The summed E-state index contributed by atoms with van der Waals surface area (Å²) in [6.45, 7) is 0. The number of benzene rings is 1. The van der Waals surface area contributed by atoms with Crippen molar-refractivity contribution in [3.05, 3.63) is 65.3 Å². The third kappa shape index (κ3) is 2.95. The number of thiazole rings is 1. The van der Waals surface area contributed by atoms with E-state index in [1.54, 1.807) is 42.5 Å². The number of rotatable bonds is 4. The first-order chi connectivity index (χ1) is 11.6. The fourth-order valence-corrected chi connectivity index (χ4v) is 3.05. The van der Waals surface area contributed by atoms with Crippen LogP contribution in [-0.2, 0) is 0 Å². The predicted octanol–water partition coefficient (Wildman–Crippen LogP) is 3.17. The van der Waals surface area contributed by atoms with E-state index in [0.717, 1.165) is 16.2 Å². The molecule has 24 heavy (non-hydrogen) atoms. The van der Waals surface area contributed by atoms with Crippen LogP contribution in [0.4, 0.5) is 21.4 Å². The molecule has 0 atom stereocenters. The lowest BCUT2D eigenvalue weighted by Crippen LogP contribution is -2.23. The molecule has 2 aromatic heterocycles. The van der Waals surface area contributed by atoms with Crippen molar-refractivity contribution >= 4 is 39.9 Å². The minimum atomic E-state index is -1.24. The molecule has 1 aromatic carbocycles. The van der Waals surface area contributed by atoms with Crippen LogP contribution in [0, 0.1) is 0 Å². The molecule has 3 aromatic rings. The molecule has 0 spiro atoms. The first-order valence-corrected chi connectivity index (χ1v) is 7.68. The van der Waals surface area contributed by atoms with Crippen LogP contribution in [0.25, 0.3) is 0 Å². The van der Waals surface area contributed by atoms with Gasteiger partial charge in [0.05, 0.1) is 11.9 Å². The van der Waals surface area contributed by atoms with E-state index in [4.69, 9.17) is 5.73 Å². The number of hydrogen-bond acceptors (Lipinski definition) is 6. The number of nitrogens with zero attached hydrogens (tertiary/aromatic N) is 3. The molecule has 0 saturated carbocycles. The Balaban J connectivity index is 2.01. The summed E-state index contributed by atoms with van der Waals surface area (Å²) in [5.74, 6) is -0.299. The number of hydrogen-bond donors (Lipinski definition) is 2. The molecule has 0 unspecified atom stereocenters. The number of aromatic nitrogens is 2. The van der Waals surface area contributed by atoms with Gasteiger partial charge in [-0.25, -0.2) is 14.7 Å². The van der Waals surface area contributed by atoms with Crippen molar-refractivity contribution in [2.24, 2.45) is 0 Å². The van der Waals surface area contributed by atoms with Gasteiger partial charge in [0.2, 0.25) is 10.9 Å². The van der Waals surface area contributed by atoms with Crippen molar-refractivity contribution < 1.29 is 14.7 Å². The Kier molecular flexibility index (Phi) is 4.21. The Bertz CT molecular complexity index is 881. The van der Waals surface area contributed by atoms with Crippen LogP contribution in [0.15, 0.2) is 54.9 Å². The monoisotopic (exact) mass is 340 g/mol. The lowest BCUT2D eigenvalue weighted by atomic mass is 10.1. The standard InChI is InChI=1S/C16H12N4O3S/c17-14-13(12(21)10-5-2-1-3-6-10)24-15(19-14)20(16(22)23)11-7-4-8-18-9-11/h1-9H,17H2,(H,22,23). The van der Waals surface area contributed by atoms with Gasteiger partial charge < -0.3 is 10.8 Å². The molecule has 1 amide bonds. The third-order valence-electron chi connectivity index (χ3n) is 3.17. The number of carbonyl (C=O) groups is 2. The van der Waals surface area contributed by atoms with Crippen molar-refractivity contribution in [3.8, 4) is 0 Å². The van der Waals surface area contributed by atoms with Gasteiger partial charge in [-0.1, -0.05) is 41.7 Å². The zero-order chi connectivity index (χ0) is 17.1. The Morgan fingerprint density at radius 1 is 1.12 bits per heavy atom. The van der Waals surface area contributed by atoms with Gasteiger partial charge in [0.1, 0.15) is 10.7 Å². The Labute approximate surface area is 141 Å². The minimum Gasteiger partial charge on any atom is -0.464 e. The van der Waals surface area contributed by atoms with Crippen molar-refractivity contribution in [1.82, 2.24) is 9.97 Å². The van der Waals surface area contributed by atoms with E-state index >= 15 is 0 Å². The zero-order valence-corrected chi connectivity index (χ0v) is 13.1. The van der Waals surface area contributed by atoms with E-state index in [-0.39, 0.29) is 21.6 Å². The second-order valence-corrected chi connectivity index (χ2v) is 5.71. The van der Waals surface area contributed by atoms with E-state index in [9.17, 15) is 14.7 Å². The van der Waals surface area contributed by atoms with Gasteiger partial charge in [0.15, 0.2) is 0 Å². The van der Waals surface area contributed by atoms with Crippen molar-refractivity contribution in [1.29, 1.82) is 0 Å². The molecule has 0 saturated heterocycles. The summed E-state index contributed by atoms with van der Waals surface area (Å²) in [6.07, 6.45) is 1.68. The highest BCUT2D eigenvalue weighted by molar-refractivity contribution is 7.18. The topological polar surface area (TPSA) is 109 Å². The summed E-state index contributed by atoms with van der Waals surface area (Å²) in [6, 6.07) is 11.8. The number of anilines is 3. The predicted molar refractivity (Wildman–Crippen MR) is 90.8 cm³/mol. The Morgan fingerprint density at radius 2 is 1.88 bits per heavy atom. The second kappa shape index (κ2) is 6.47. The molecule has 8 heteroatoms. The summed E-state index contributed by atoms with van der Waals surface area (Å²) < 4.78 is 0. The Hall–Kier alpha value is -3.26. The van der Waals surface area contributed by atoms with E-state index in [0.29, 0.717) is 11.3 Å². The van der Waals surface area contributed by atoms with Gasteiger partial charge in [-0.15, -0.1) is 0 Å². The van der Waals surface area contributed by atoms with Gasteiger partial charge in [-0.05, 0) is 12.1 Å². The van der Waals surface area contributed by atoms with Crippen LogP contribution in [0.3, 0.4) is 0 Å². The maximum atomic E-state index is 12.5. The minimum absolute atomic E-state index is 0.000932. The number of ketones is 1. The van der Waals surface area contributed by atoms with Crippen LogP contribution < -0.4 is 10.6 Å². The summed E-state index contributed by atoms with van der Waals surface area (Å²) in [7, 11) is 0. The smallest absolute Gasteiger partial charge is 0.418 e. The molecule has 3 rings (SSSR count). The average molecular weight is 340 g/mol. The van der Waals surface area contributed by atoms with Crippen LogP contribution in [-0.4, -0.2) is 27.0 Å². The highest BCUT2D eigenvalue weighted by Gasteiger charge is 2.25. The number of carboxylic acid groups (broad SMARTS) is 1. The first-order valence-electron chi connectivity index (χ1n) is 6.87. The number of pyridine rings is 1. The van der Waals surface area contributed by atoms with E-state index < -0.39 is 6.09 Å². The lowest BCUT2D eigenvalue weighted by Gasteiger charge is -2.14. The maximum Gasteiger partial charge on any atom is 0.418 e. The SMILES string of the molecule is Nc1nc(N(C(=O)O)c2cccnc2)sc1C(=O)c1ccccc1. The molecular weight excluding hydrogens is 328 g/mol. The molecule has 0 aliphatic heterocycles. The molecule has 3 N–H and O–H groups in total. The van der Waals surface area contributed by atoms with Crippen LogP contribution in [0.5, 0.6) is 0 Å². The second-order valence-electron chi connectivity index (χ2n) is 4.74. The van der Waals surface area contributed by atoms with Gasteiger partial charge >= 0.3 is 6.09 Å². The normalized spacial score (nSPS) is 10.3. The quantitative estimate of drug-likeness (QED) is 0.706. The molecule has 0 bridgehead atoms. The van der Waals surface area contributed by atoms with E-state index in [1.165, 1.54) is 12.4 Å². The first kappa shape index (κ1) is 15.6. The van der Waals surface area contributed by atoms with Gasteiger partial charge in [0.25, 0.3) is 0 Å². The van der Waals surface area contributed by atoms with Crippen molar-refractivity contribution in [2.75, 3.05) is 10.6 Å². The van der Waals surface area contributed by atoms with Gasteiger partial charge in [0, 0.05) is 11.8 Å². The molecule has 0 aliphatic carbocycles. The third-order valence-corrected chi connectivity index (χ3v) is 4.23. The lowest BCUT2D eigenvalue weighted by molar-refractivity contribution is 0.104. The molecule has 2 heterocycles. The van der Waals surface area contributed by atoms with Crippen LogP contribution in [0.1, 0.15) is 15.2 Å². The molecule has 0 radical (unpaired) electrons. The highest BCUT2D eigenvalue weighted by Crippen LogP contribution is 2.34. The molecule has 120 valence electrons. The summed E-state index contributed by atoms with van der Waals surface area (Å²) in [5.41, 5.74) is 6.62. The van der Waals surface area contributed by atoms with Crippen LogP contribution >= 0.6 is 11.3 Å². The molecule has 0 fully saturated rings. The number of carbonyl (C=O) groups excluding carboxylic acids is 1. The zero-order valence-electron chi connectivity index (χ0n) is 12.3. The van der Waals surface area contributed by atoms with E-state index in [1.807, 2.05) is 0 Å². The van der Waals surface area contributed by atoms with Crippen molar-refractivity contribution in [3.63, 3.8) is 0 Å². The van der Waals surface area contributed by atoms with Gasteiger partial charge in [-0.2, -0.15) is 0 Å². The maximum absolute atomic E-state index is 12.5. The summed E-state index contributed by atoms with van der Waals surface area (Å²) in [5, 5.41) is 9.57. The summed E-state index contributed by atoms with van der Waals surface area (Å²) in [4.78, 5) is 33.2. The fraction of sp³-hybridized carbons (Fsp3) is 0. The number of amides is 1. The van der Waals surface area contributed by atoms with Crippen LogP contribution in [0.2, 0.25) is 0 Å². The van der Waals surface area contributed by atoms with Gasteiger partial charge in [-0.3, -0.25) is 9.78 Å². The fourth-order valence-electron chi connectivity index (χ4n) is 2.09. The average Bonchev–Trinajstić information content (AvgIpc) is 2.97. The highest BCUT2D eigenvalue weighted by atomic mass is 32.1. The number of nitrogens with two attached hydrogens (primary N) is 1.